The Morgan fingerprint density at radius 1 is 1.20 bits per heavy atom. The van der Waals surface area contributed by atoms with Crippen molar-refractivity contribution in [2.75, 3.05) is 11.9 Å². The highest BCUT2D eigenvalue weighted by atomic mass is 79.9. The first-order valence-electron chi connectivity index (χ1n) is 9.72. The third-order valence-corrected chi connectivity index (χ3v) is 5.78. The van der Waals surface area contributed by atoms with Crippen LogP contribution in [0.2, 0.25) is 0 Å². The summed E-state index contributed by atoms with van der Waals surface area (Å²) < 4.78 is 52.7. The average molecular weight is 572 g/mol. The zero-order valence-electron chi connectivity index (χ0n) is 17.5. The van der Waals surface area contributed by atoms with Crippen molar-refractivity contribution in [2.45, 2.75) is 13.3 Å². The van der Waals surface area contributed by atoms with Gasteiger partial charge in [-0.1, -0.05) is 0 Å². The molecule has 3 heterocycles. The van der Waals surface area contributed by atoms with Gasteiger partial charge in [0.2, 0.25) is 0 Å². The monoisotopic (exact) mass is 571 g/mol. The molecule has 0 saturated carbocycles. The third kappa shape index (κ3) is 5.22. The van der Waals surface area contributed by atoms with Gasteiger partial charge in [-0.15, -0.1) is 24.5 Å². The molecule has 35 heavy (non-hydrogen) atoms. The van der Waals surface area contributed by atoms with E-state index in [1.807, 2.05) is 0 Å². The Hall–Kier alpha value is -3.65. The average Bonchev–Trinajstić information content (AvgIpc) is 3.41. The van der Waals surface area contributed by atoms with Crippen LogP contribution < -0.4 is 15.6 Å². The molecular weight excluding hydrogens is 559 g/mol. The lowest BCUT2D eigenvalue weighted by molar-refractivity contribution is -0.274. The fraction of sp³-hybridized carbons (Fsp3) is 0.143. The summed E-state index contributed by atoms with van der Waals surface area (Å²) in [5.41, 5.74) is -0.889. The molecule has 182 valence electrons. The second kappa shape index (κ2) is 9.54. The quantitative estimate of drug-likeness (QED) is 0.319. The highest BCUT2D eigenvalue weighted by Gasteiger charge is 2.31. The number of carbonyl (C=O) groups is 2. The maximum Gasteiger partial charge on any atom is 0.573 e. The van der Waals surface area contributed by atoms with Crippen molar-refractivity contribution in [1.29, 1.82) is 0 Å². The van der Waals surface area contributed by atoms with Gasteiger partial charge in [-0.05, 0) is 59.3 Å². The van der Waals surface area contributed by atoms with Crippen LogP contribution in [0.4, 0.5) is 18.2 Å². The number of carbonyl (C=O) groups excluding carboxylic acids is 2. The van der Waals surface area contributed by atoms with Gasteiger partial charge in [0.25, 0.3) is 11.5 Å². The van der Waals surface area contributed by atoms with Crippen LogP contribution in [-0.2, 0) is 4.74 Å². The predicted octanol–water partition coefficient (Wildman–Crippen LogP) is 5.13. The van der Waals surface area contributed by atoms with Crippen molar-refractivity contribution in [3.05, 3.63) is 68.3 Å². The SMILES string of the molecule is CCOC(=O)c1nn(-c2ccc(OC(F)(F)F)cc2)c(=O)c2c(NC(=O)c3ccc(Br)o3)scc12. The summed E-state index contributed by atoms with van der Waals surface area (Å²) in [4.78, 5) is 38.5. The first-order chi connectivity index (χ1) is 16.6. The van der Waals surface area contributed by atoms with Crippen LogP contribution in [-0.4, -0.2) is 34.6 Å². The number of esters is 1. The van der Waals surface area contributed by atoms with E-state index in [4.69, 9.17) is 9.15 Å². The van der Waals surface area contributed by atoms with Crippen LogP contribution >= 0.6 is 27.3 Å². The Bertz CT molecular complexity index is 1480. The van der Waals surface area contributed by atoms with E-state index in [0.29, 0.717) is 4.67 Å². The smallest absolute Gasteiger partial charge is 0.461 e. The lowest BCUT2D eigenvalue weighted by Gasteiger charge is -2.11. The Balaban J connectivity index is 1.82. The Morgan fingerprint density at radius 3 is 2.51 bits per heavy atom. The number of benzene rings is 1. The maximum absolute atomic E-state index is 13.3. The van der Waals surface area contributed by atoms with Gasteiger partial charge in [-0.2, -0.15) is 9.78 Å². The second-order valence-electron chi connectivity index (χ2n) is 6.74. The zero-order chi connectivity index (χ0) is 25.3. The summed E-state index contributed by atoms with van der Waals surface area (Å²) in [6, 6.07) is 7.27. The molecule has 14 heteroatoms. The molecule has 0 fully saturated rings. The van der Waals surface area contributed by atoms with Crippen molar-refractivity contribution < 1.29 is 36.7 Å². The molecule has 4 aromatic rings. The fourth-order valence-corrected chi connectivity index (χ4v) is 4.30. The molecular formula is C21H13BrF3N3O6S. The molecule has 9 nitrogen and oxygen atoms in total. The molecule has 1 N–H and O–H groups in total. The van der Waals surface area contributed by atoms with Crippen LogP contribution in [0, 0.1) is 0 Å². The number of anilines is 1. The molecule has 0 aliphatic rings. The summed E-state index contributed by atoms with van der Waals surface area (Å²) in [6.07, 6.45) is -4.89. The van der Waals surface area contributed by atoms with Crippen molar-refractivity contribution in [2.24, 2.45) is 0 Å². The normalized spacial score (nSPS) is 11.5. The summed E-state index contributed by atoms with van der Waals surface area (Å²) in [7, 11) is 0. The standard InChI is InChI=1S/C21H13BrF3N3O6S/c1-2-32-20(31)16-12-9-35-18(26-17(29)13-7-8-14(22)33-13)15(12)19(30)28(27-16)10-3-5-11(6-4-10)34-21(23,24)25/h3-9H,2H2,1H3,(H,26,29). The number of ether oxygens (including phenoxy) is 2. The number of rotatable bonds is 6. The number of hydrogen-bond donors (Lipinski definition) is 1. The van der Waals surface area contributed by atoms with Crippen LogP contribution in [0.3, 0.4) is 0 Å². The molecule has 1 aromatic carbocycles. The molecule has 1 amide bonds. The van der Waals surface area contributed by atoms with Crippen molar-refractivity contribution >= 4 is 54.9 Å². The minimum atomic E-state index is -4.89. The predicted molar refractivity (Wildman–Crippen MR) is 122 cm³/mol. The van der Waals surface area contributed by atoms with Crippen LogP contribution in [0.15, 0.2) is 55.7 Å². The number of hydrogen-bond acceptors (Lipinski definition) is 8. The third-order valence-electron chi connectivity index (χ3n) is 4.46. The highest BCUT2D eigenvalue weighted by molar-refractivity contribution is 9.10. The van der Waals surface area contributed by atoms with Gasteiger partial charge in [0.1, 0.15) is 10.8 Å². The van der Waals surface area contributed by atoms with Crippen molar-refractivity contribution in [1.82, 2.24) is 9.78 Å². The molecule has 0 bridgehead atoms. The van der Waals surface area contributed by atoms with Crippen molar-refractivity contribution in [3.63, 3.8) is 0 Å². The van der Waals surface area contributed by atoms with E-state index < -0.39 is 29.5 Å². The molecule has 0 atom stereocenters. The Kier molecular flexibility index (Phi) is 6.67. The Labute approximate surface area is 206 Å². The van der Waals surface area contributed by atoms with E-state index in [1.165, 1.54) is 29.6 Å². The lowest BCUT2D eigenvalue weighted by Crippen LogP contribution is -2.25. The molecule has 4 rings (SSSR count). The van der Waals surface area contributed by atoms with Gasteiger partial charge in [-0.25, -0.2) is 4.79 Å². The Morgan fingerprint density at radius 2 is 1.91 bits per heavy atom. The van der Waals surface area contributed by atoms with Crippen LogP contribution in [0.5, 0.6) is 5.75 Å². The molecule has 0 aliphatic carbocycles. The zero-order valence-corrected chi connectivity index (χ0v) is 19.9. The fourth-order valence-electron chi connectivity index (χ4n) is 3.06. The minimum Gasteiger partial charge on any atom is -0.461 e. The van der Waals surface area contributed by atoms with Gasteiger partial charge >= 0.3 is 12.3 Å². The largest absolute Gasteiger partial charge is 0.573 e. The number of aromatic nitrogens is 2. The summed E-state index contributed by atoms with van der Waals surface area (Å²) in [6.45, 7) is 1.62. The van der Waals surface area contributed by atoms with E-state index >= 15 is 0 Å². The van der Waals surface area contributed by atoms with Crippen LogP contribution in [0.1, 0.15) is 28.0 Å². The van der Waals surface area contributed by atoms with Gasteiger partial charge in [0.05, 0.1) is 17.7 Å². The molecule has 0 aliphatic heterocycles. The number of amides is 1. The topological polar surface area (TPSA) is 113 Å². The molecule has 0 unspecified atom stereocenters. The molecule has 3 aromatic heterocycles. The first kappa shape index (κ1) is 24.5. The number of alkyl halides is 3. The second-order valence-corrected chi connectivity index (χ2v) is 8.40. The first-order valence-corrected chi connectivity index (χ1v) is 11.4. The van der Waals surface area contributed by atoms with Gasteiger partial charge in [-0.3, -0.25) is 9.59 Å². The summed E-state index contributed by atoms with van der Waals surface area (Å²) in [5.74, 6) is -2.00. The van der Waals surface area contributed by atoms with E-state index in [-0.39, 0.29) is 39.5 Å². The summed E-state index contributed by atoms with van der Waals surface area (Å²) in [5, 5.41) is 8.34. The number of halogens is 4. The maximum atomic E-state index is 13.3. The number of nitrogens with zero attached hydrogens (tertiary/aromatic N) is 2. The lowest BCUT2D eigenvalue weighted by atomic mass is 10.2. The van der Waals surface area contributed by atoms with E-state index in [1.54, 1.807) is 6.92 Å². The van der Waals surface area contributed by atoms with Crippen molar-refractivity contribution in [3.8, 4) is 11.4 Å². The molecule has 0 saturated heterocycles. The van der Waals surface area contributed by atoms with Gasteiger partial charge in [0, 0.05) is 10.8 Å². The van der Waals surface area contributed by atoms with E-state index in [2.05, 4.69) is 31.1 Å². The number of thiophene rings is 1. The van der Waals surface area contributed by atoms with Gasteiger partial charge < -0.3 is 19.2 Å². The van der Waals surface area contributed by atoms with Crippen LogP contribution in [0.25, 0.3) is 16.5 Å². The summed E-state index contributed by atoms with van der Waals surface area (Å²) >= 11 is 4.08. The minimum absolute atomic E-state index is 0.0290. The molecule has 0 spiro atoms. The number of furan rings is 1. The number of nitrogens with one attached hydrogen (secondary N) is 1. The highest BCUT2D eigenvalue weighted by Crippen LogP contribution is 2.31. The van der Waals surface area contributed by atoms with Gasteiger partial charge in [0.15, 0.2) is 16.1 Å². The number of fused-ring (bicyclic) bond motifs is 1. The van der Waals surface area contributed by atoms with E-state index in [9.17, 15) is 27.6 Å². The van der Waals surface area contributed by atoms with E-state index in [0.717, 1.165) is 28.2 Å². The molecule has 0 radical (unpaired) electrons.